The van der Waals surface area contributed by atoms with Gasteiger partial charge in [-0.3, -0.25) is 0 Å². The number of aromatic nitrogens is 1. The van der Waals surface area contributed by atoms with Gasteiger partial charge in [-0.05, 0) is 89.7 Å². The zero-order valence-corrected chi connectivity index (χ0v) is 24.5. The lowest BCUT2D eigenvalue weighted by Crippen LogP contribution is -2.31. The first kappa shape index (κ1) is 26.9. The number of fused-ring (bicyclic) bond motifs is 1. The van der Waals surface area contributed by atoms with Crippen LogP contribution < -0.4 is 9.47 Å². The van der Waals surface area contributed by atoms with Gasteiger partial charge in [0, 0.05) is 17.7 Å². The summed E-state index contributed by atoms with van der Waals surface area (Å²) in [5, 5.41) is 11.1. The fourth-order valence-electron chi connectivity index (χ4n) is 5.78. The fraction of sp³-hybridized carbons (Fsp3) is 0.355. The molecule has 2 fully saturated rings. The number of ether oxygens (including phenoxy) is 3. The molecule has 2 heterocycles. The van der Waals surface area contributed by atoms with Crippen molar-refractivity contribution in [3.8, 4) is 11.6 Å². The number of hydrogen-bond acceptors (Lipinski definition) is 7. The molecule has 4 unspecified atom stereocenters. The third kappa shape index (κ3) is 5.25. The molecule has 7 rings (SSSR count). The first-order valence-electron chi connectivity index (χ1n) is 13.6. The van der Waals surface area contributed by atoms with Crippen LogP contribution in [0, 0.1) is 11.8 Å². The van der Waals surface area contributed by atoms with Gasteiger partial charge in [-0.2, -0.15) is 0 Å². The zero-order valence-electron chi connectivity index (χ0n) is 22.2. The number of hydrogen-bond donors (Lipinski definition) is 0. The third-order valence-corrected chi connectivity index (χ3v) is 9.08. The Morgan fingerprint density at radius 1 is 0.927 bits per heavy atom. The molecular formula is C31H27Cl3N2O5. The third-order valence-electron chi connectivity index (χ3n) is 8.12. The molecule has 0 N–H and O–H groups in total. The monoisotopic (exact) mass is 612 g/mol. The van der Waals surface area contributed by atoms with E-state index in [2.05, 4.69) is 28.5 Å². The number of benzene rings is 3. The minimum Gasteiger partial charge on any atom is -0.493 e. The summed E-state index contributed by atoms with van der Waals surface area (Å²) < 4.78 is 22.2. The lowest BCUT2D eigenvalue weighted by atomic mass is 9.90. The van der Waals surface area contributed by atoms with E-state index in [1.165, 1.54) is 5.56 Å². The topological polar surface area (TPSA) is 75.3 Å². The minimum absolute atomic E-state index is 0.0533. The SMILES string of the molecule is COCOc1noc2ccc(C3CC3c3ccc(OCC4C(c5c(Cl)cccc5Cl)=NOC4C4CC4)cc3Cl)cc12. The highest BCUT2D eigenvalue weighted by atomic mass is 35.5. The molecule has 2 aliphatic carbocycles. The Kier molecular flexibility index (Phi) is 7.23. The van der Waals surface area contributed by atoms with Gasteiger partial charge in [-0.15, -0.1) is 0 Å². The van der Waals surface area contributed by atoms with Crippen molar-refractivity contribution in [1.82, 2.24) is 5.16 Å². The van der Waals surface area contributed by atoms with Gasteiger partial charge in [0.25, 0.3) is 5.88 Å². The average Bonchev–Trinajstić information content (AvgIpc) is 3.89. The number of nitrogens with zero attached hydrogens (tertiary/aromatic N) is 2. The second-order valence-corrected chi connectivity index (χ2v) is 12.0. The predicted molar refractivity (Wildman–Crippen MR) is 158 cm³/mol. The summed E-state index contributed by atoms with van der Waals surface area (Å²) in [4.78, 5) is 5.88. The van der Waals surface area contributed by atoms with Crippen molar-refractivity contribution in [3.05, 3.63) is 86.4 Å². The molecule has 3 aromatic carbocycles. The summed E-state index contributed by atoms with van der Waals surface area (Å²) in [5.41, 5.74) is 4.43. The van der Waals surface area contributed by atoms with Crippen LogP contribution in [0.3, 0.4) is 0 Å². The van der Waals surface area contributed by atoms with Crippen molar-refractivity contribution < 1.29 is 23.6 Å². The Morgan fingerprint density at radius 2 is 1.76 bits per heavy atom. The average molecular weight is 614 g/mol. The number of oxime groups is 1. The van der Waals surface area contributed by atoms with Crippen molar-refractivity contribution in [2.45, 2.75) is 37.2 Å². The normalized spacial score (nSPS) is 23.4. The van der Waals surface area contributed by atoms with Crippen LogP contribution in [0.2, 0.25) is 15.1 Å². The lowest BCUT2D eigenvalue weighted by Gasteiger charge is -2.20. The lowest BCUT2D eigenvalue weighted by molar-refractivity contribution is 0.0340. The molecule has 4 atom stereocenters. The van der Waals surface area contributed by atoms with Crippen LogP contribution >= 0.6 is 34.8 Å². The van der Waals surface area contributed by atoms with Crippen LogP contribution in [0.4, 0.5) is 0 Å². The van der Waals surface area contributed by atoms with E-state index in [1.807, 2.05) is 36.4 Å². The standard InChI is InChI=1S/C31H27Cl3N2O5/c1-37-15-39-31-22-11-17(7-10-27(22)40-36-31)20-13-21(20)19-9-8-18(12-26(19)34)38-14-23-29(35-41-30(23)16-5-6-16)28-24(32)3-2-4-25(28)33/h2-4,7-12,16,20-21,23,30H,5-6,13-15H2,1H3. The molecule has 2 saturated carbocycles. The van der Waals surface area contributed by atoms with Crippen LogP contribution in [-0.2, 0) is 9.57 Å². The maximum Gasteiger partial charge on any atom is 0.264 e. The molecule has 212 valence electrons. The van der Waals surface area contributed by atoms with Gasteiger partial charge in [0.05, 0.1) is 21.3 Å². The number of methoxy groups -OCH3 is 1. The maximum absolute atomic E-state index is 6.81. The van der Waals surface area contributed by atoms with E-state index in [0.717, 1.165) is 35.9 Å². The van der Waals surface area contributed by atoms with Crippen molar-refractivity contribution >= 4 is 51.5 Å². The molecule has 0 amide bonds. The molecule has 0 radical (unpaired) electrons. The summed E-state index contributed by atoms with van der Waals surface area (Å²) >= 11 is 19.8. The molecule has 7 nitrogen and oxygen atoms in total. The van der Waals surface area contributed by atoms with Crippen molar-refractivity contribution in [3.63, 3.8) is 0 Å². The highest BCUT2D eigenvalue weighted by molar-refractivity contribution is 6.40. The molecule has 3 aliphatic rings. The van der Waals surface area contributed by atoms with E-state index < -0.39 is 0 Å². The summed E-state index contributed by atoms with van der Waals surface area (Å²) in [6, 6.07) is 17.5. The fourth-order valence-corrected chi connectivity index (χ4v) is 6.68. The second kappa shape index (κ2) is 11.0. The van der Waals surface area contributed by atoms with Crippen molar-refractivity contribution in [2.75, 3.05) is 20.5 Å². The van der Waals surface area contributed by atoms with Gasteiger partial charge in [-0.1, -0.05) is 58.2 Å². The van der Waals surface area contributed by atoms with E-state index in [4.69, 9.17) is 58.4 Å². The Labute approximate surface area is 252 Å². The van der Waals surface area contributed by atoms with Crippen molar-refractivity contribution in [2.24, 2.45) is 17.0 Å². The highest BCUT2D eigenvalue weighted by Gasteiger charge is 2.46. The van der Waals surface area contributed by atoms with Gasteiger partial charge in [0.1, 0.15) is 24.2 Å². The van der Waals surface area contributed by atoms with Gasteiger partial charge in [-0.25, -0.2) is 0 Å². The van der Waals surface area contributed by atoms with E-state index in [0.29, 0.717) is 62.2 Å². The number of rotatable bonds is 10. The molecule has 4 aromatic rings. The molecule has 0 bridgehead atoms. The molecule has 0 spiro atoms. The van der Waals surface area contributed by atoms with E-state index in [-0.39, 0.29) is 18.8 Å². The van der Waals surface area contributed by atoms with Gasteiger partial charge < -0.3 is 23.6 Å². The first-order chi connectivity index (χ1) is 20.0. The Balaban J connectivity index is 1.05. The second-order valence-electron chi connectivity index (χ2n) is 10.8. The molecule has 1 aliphatic heterocycles. The van der Waals surface area contributed by atoms with Crippen LogP contribution in [0.1, 0.15) is 47.8 Å². The smallest absolute Gasteiger partial charge is 0.264 e. The van der Waals surface area contributed by atoms with E-state index in [9.17, 15) is 0 Å². The highest BCUT2D eigenvalue weighted by Crippen LogP contribution is 2.57. The minimum atomic E-state index is -0.0868. The van der Waals surface area contributed by atoms with Crippen LogP contribution in [0.5, 0.6) is 11.6 Å². The molecule has 0 saturated heterocycles. The summed E-state index contributed by atoms with van der Waals surface area (Å²) in [6.07, 6.45) is 3.19. The van der Waals surface area contributed by atoms with Gasteiger partial charge >= 0.3 is 0 Å². The van der Waals surface area contributed by atoms with Crippen LogP contribution in [0.25, 0.3) is 11.0 Å². The summed E-state index contributed by atoms with van der Waals surface area (Å²) in [5.74, 6) is 2.18. The quantitative estimate of drug-likeness (QED) is 0.168. The summed E-state index contributed by atoms with van der Waals surface area (Å²) in [6.45, 7) is 0.494. The van der Waals surface area contributed by atoms with Crippen LogP contribution in [-0.4, -0.2) is 37.5 Å². The Morgan fingerprint density at radius 3 is 2.51 bits per heavy atom. The van der Waals surface area contributed by atoms with E-state index >= 15 is 0 Å². The van der Waals surface area contributed by atoms with Crippen LogP contribution in [0.15, 0.2) is 64.3 Å². The Hall–Kier alpha value is -2.97. The van der Waals surface area contributed by atoms with Crippen molar-refractivity contribution in [1.29, 1.82) is 0 Å². The largest absolute Gasteiger partial charge is 0.493 e. The molecular weight excluding hydrogens is 587 g/mol. The predicted octanol–water partition coefficient (Wildman–Crippen LogP) is 8.25. The maximum atomic E-state index is 6.81. The zero-order chi connectivity index (χ0) is 28.1. The Bertz CT molecular complexity index is 1620. The molecule has 41 heavy (non-hydrogen) atoms. The molecule has 1 aromatic heterocycles. The van der Waals surface area contributed by atoms with Gasteiger partial charge in [0.2, 0.25) is 0 Å². The van der Waals surface area contributed by atoms with Gasteiger partial charge in [0.15, 0.2) is 12.4 Å². The number of halogens is 3. The summed E-state index contributed by atoms with van der Waals surface area (Å²) in [7, 11) is 1.57. The van der Waals surface area contributed by atoms with E-state index in [1.54, 1.807) is 7.11 Å². The molecule has 10 heteroatoms. The first-order valence-corrected chi connectivity index (χ1v) is 14.8.